The maximum Gasteiger partial charge on any atom is 0.407 e. The summed E-state index contributed by atoms with van der Waals surface area (Å²) in [5.41, 5.74) is -0.238. The smallest absolute Gasteiger partial charge is 0.407 e. The van der Waals surface area contributed by atoms with Crippen LogP contribution in [0.2, 0.25) is 0 Å². The highest BCUT2D eigenvalue weighted by Gasteiger charge is 2.47. The van der Waals surface area contributed by atoms with E-state index in [1.165, 1.54) is 6.07 Å². The van der Waals surface area contributed by atoms with Crippen LogP contribution >= 0.6 is 11.8 Å². The van der Waals surface area contributed by atoms with Gasteiger partial charge in [-0.2, -0.15) is 11.8 Å². The number of aliphatic hydroxyl groups excluding tert-OH is 5. The van der Waals surface area contributed by atoms with E-state index in [-0.39, 0.29) is 120 Å². The minimum atomic E-state index is -1.36. The molecule has 1 aromatic rings. The van der Waals surface area contributed by atoms with Gasteiger partial charge in [-0.1, -0.05) is 12.5 Å². The third-order valence-corrected chi connectivity index (χ3v) is 13.8. The Morgan fingerprint density at radius 3 is 1.99 bits per heavy atom. The predicted octanol–water partition coefficient (Wildman–Crippen LogP) is -2.89. The van der Waals surface area contributed by atoms with Crippen LogP contribution in [0.15, 0.2) is 18.2 Å². The molecule has 0 aromatic heterocycles. The first-order valence-corrected chi connectivity index (χ1v) is 23.3. The zero-order valence-electron chi connectivity index (χ0n) is 37.4. The van der Waals surface area contributed by atoms with Crippen molar-refractivity contribution in [1.29, 1.82) is 0 Å². The first kappa shape index (κ1) is 55.6. The number of ketones is 1. The average Bonchev–Trinajstić information content (AvgIpc) is 3.89. The number of amides is 3. The van der Waals surface area contributed by atoms with E-state index in [9.17, 15) is 59.3 Å². The molecule has 12 N–H and O–H groups in total. The number of ether oxygens (including phenoxy) is 1. The molecule has 382 valence electrons. The number of aliphatic hydroxyl groups is 5. The molecule has 27 heteroatoms. The molecule has 1 aliphatic carbocycles. The Kier molecular flexibility index (Phi) is 22.3. The van der Waals surface area contributed by atoms with Crippen LogP contribution in [0.4, 0.5) is 15.3 Å². The Hall–Kier alpha value is -4.97. The number of alkyl carbamates (subject to hydrolysis) is 1. The van der Waals surface area contributed by atoms with E-state index in [2.05, 4.69) is 16.0 Å². The van der Waals surface area contributed by atoms with Gasteiger partial charge in [-0.25, -0.2) is 9.59 Å². The molecular formula is C41H64N8O18S. The number of hydrogen-bond donors (Lipinski definition) is 12. The van der Waals surface area contributed by atoms with Crippen LogP contribution in [-0.4, -0.2) is 245 Å². The monoisotopic (exact) mass is 988 g/mol. The van der Waals surface area contributed by atoms with Gasteiger partial charge in [0.05, 0.1) is 48.9 Å². The molecule has 1 saturated carbocycles. The number of hydrogen-bond acceptors (Lipinski definition) is 20. The second-order valence-corrected chi connectivity index (χ2v) is 18.3. The van der Waals surface area contributed by atoms with Crippen LogP contribution < -0.4 is 16.0 Å². The molecule has 7 unspecified atom stereocenters. The Morgan fingerprint density at radius 2 is 1.44 bits per heavy atom. The van der Waals surface area contributed by atoms with Gasteiger partial charge in [0.2, 0.25) is 0 Å². The Balaban J connectivity index is 0.000000802. The van der Waals surface area contributed by atoms with Gasteiger partial charge in [0.15, 0.2) is 5.75 Å². The van der Waals surface area contributed by atoms with Gasteiger partial charge in [0.1, 0.15) is 30.6 Å². The maximum atomic E-state index is 13.1. The molecule has 68 heavy (non-hydrogen) atoms. The molecule has 3 heterocycles. The molecular weight excluding hydrogens is 925 g/mol. The third kappa shape index (κ3) is 17.2. The highest BCUT2D eigenvalue weighted by Crippen LogP contribution is 2.33. The van der Waals surface area contributed by atoms with Crippen molar-refractivity contribution in [3.63, 3.8) is 0 Å². The number of phenols is 1. The molecule has 3 aliphatic heterocycles. The summed E-state index contributed by atoms with van der Waals surface area (Å²) < 4.78 is 5.15. The first-order valence-electron chi connectivity index (χ1n) is 22.3. The van der Waals surface area contributed by atoms with Crippen LogP contribution in [0.25, 0.3) is 0 Å². The van der Waals surface area contributed by atoms with Gasteiger partial charge < -0.3 is 66.6 Å². The lowest BCUT2D eigenvalue weighted by molar-refractivity contribution is -0.386. The van der Waals surface area contributed by atoms with E-state index < -0.39 is 83.3 Å². The van der Waals surface area contributed by atoms with E-state index in [1.807, 2.05) is 4.90 Å². The second kappa shape index (κ2) is 27.3. The summed E-state index contributed by atoms with van der Waals surface area (Å²) in [6.07, 6.45) is -3.95. The summed E-state index contributed by atoms with van der Waals surface area (Å²) in [5, 5.41) is 104. The lowest BCUT2D eigenvalue weighted by Gasteiger charge is -2.35. The van der Waals surface area contributed by atoms with Crippen molar-refractivity contribution in [2.45, 2.75) is 86.5 Å². The zero-order chi connectivity index (χ0) is 50.1. The van der Waals surface area contributed by atoms with Crippen molar-refractivity contribution in [1.82, 2.24) is 35.6 Å². The summed E-state index contributed by atoms with van der Waals surface area (Å²) in [6.45, 7) is 0.670. The van der Waals surface area contributed by atoms with Crippen LogP contribution in [0, 0.1) is 16.0 Å². The number of unbranched alkanes of at least 4 members (excludes halogenated alkanes) is 1. The largest absolute Gasteiger partial charge is 0.502 e. The minimum absolute atomic E-state index is 0.0578. The molecule has 8 atom stereocenters. The molecule has 3 saturated heterocycles. The Morgan fingerprint density at radius 1 is 0.853 bits per heavy atom. The van der Waals surface area contributed by atoms with Crippen LogP contribution in [0.1, 0.15) is 37.7 Å². The number of carboxylic acid groups (broad SMARTS) is 3. The van der Waals surface area contributed by atoms with Crippen LogP contribution in [0.5, 0.6) is 5.75 Å². The molecule has 26 nitrogen and oxygen atoms in total. The maximum absolute atomic E-state index is 13.1. The van der Waals surface area contributed by atoms with Gasteiger partial charge in [-0.3, -0.25) is 48.9 Å². The number of thioether (sulfide) groups is 1. The van der Waals surface area contributed by atoms with Gasteiger partial charge >= 0.3 is 35.7 Å². The van der Waals surface area contributed by atoms with Crippen LogP contribution in [-0.2, 0) is 30.5 Å². The van der Waals surface area contributed by atoms with Gasteiger partial charge in [0.25, 0.3) is 0 Å². The molecule has 3 amide bonds. The molecule has 0 radical (unpaired) electrons. The SMILES string of the molecule is O=C(O)CN1CCN(CCNC(=O)OCc2ccc(O)c([N+](=O)[O-])c2)CCN(CC(=O)O)CCN([C@H](CC(=O)CCCCC2SCC3NC(=O)NC32)C(=O)O)CC1.OCC1C(O)C(O)C(O)C1O. The average molecular weight is 989 g/mol. The lowest BCUT2D eigenvalue weighted by atomic mass is 10.0. The Labute approximate surface area is 395 Å². The number of nitro benzene ring substituents is 1. The zero-order valence-corrected chi connectivity index (χ0v) is 38.2. The lowest BCUT2D eigenvalue weighted by Crippen LogP contribution is -2.52. The van der Waals surface area contributed by atoms with Crippen molar-refractivity contribution in [2.75, 3.05) is 90.9 Å². The first-order chi connectivity index (χ1) is 32.3. The number of fused-ring (bicyclic) bond motifs is 1. The summed E-state index contributed by atoms with van der Waals surface area (Å²) in [6, 6.07) is 2.40. The number of urea groups is 1. The molecule has 5 rings (SSSR count). The normalized spacial score (nSPS) is 26.7. The summed E-state index contributed by atoms with van der Waals surface area (Å²) in [7, 11) is 0. The fourth-order valence-corrected chi connectivity index (χ4v) is 9.98. The number of benzene rings is 1. The number of carbonyl (C=O) groups is 6. The topological polar surface area (TPSA) is 386 Å². The fraction of sp³-hybridized carbons (Fsp3) is 0.707. The number of Topliss-reactive ketones (excluding diaryl/α,β-unsaturated/α-hetero) is 1. The molecule has 4 fully saturated rings. The molecule has 0 spiro atoms. The van der Waals surface area contributed by atoms with E-state index in [0.29, 0.717) is 19.5 Å². The number of phenolic OH excluding ortho intramolecular Hbond substituents is 1. The summed E-state index contributed by atoms with van der Waals surface area (Å²) in [4.78, 5) is 90.5. The number of nitrogens with zero attached hydrogens (tertiary/aromatic N) is 5. The van der Waals surface area contributed by atoms with Gasteiger partial charge in [0, 0.05) is 101 Å². The van der Waals surface area contributed by atoms with Crippen molar-refractivity contribution in [3.8, 4) is 5.75 Å². The van der Waals surface area contributed by atoms with Gasteiger partial charge in [-0.05, 0) is 24.5 Å². The highest BCUT2D eigenvalue weighted by molar-refractivity contribution is 8.00. The number of aliphatic carboxylic acids is 3. The minimum Gasteiger partial charge on any atom is -0.502 e. The number of nitrogens with one attached hydrogen (secondary N) is 3. The number of carboxylic acids is 3. The van der Waals surface area contributed by atoms with E-state index in [1.54, 1.807) is 26.5 Å². The van der Waals surface area contributed by atoms with Gasteiger partial charge in [-0.15, -0.1) is 0 Å². The molecule has 4 aliphatic rings. The number of rotatable bonds is 20. The van der Waals surface area contributed by atoms with Crippen molar-refractivity contribution in [3.05, 3.63) is 33.9 Å². The third-order valence-electron chi connectivity index (χ3n) is 12.3. The number of carbonyl (C=O) groups excluding carboxylic acids is 3. The van der Waals surface area contributed by atoms with Crippen molar-refractivity contribution >= 4 is 53.3 Å². The second-order valence-electron chi connectivity index (χ2n) is 17.1. The standard InChI is InChI=1S/C35H52N8O13S.C6H12O5/c44-24(3-1-2-4-29-32-25(22-57-29)37-34(52)38-32)18-27(33(50)51)42-15-13-40(19-30(46)47)11-9-39(10-12-41(14-16-42)20-31(48)49)8-7-36-35(53)56-21-23-5-6-28(45)26(17-23)43(54)55;7-1-2-3(8)5(10)6(11)4(2)9/h5-6,17,25,27,29,32,45H,1-4,7-16,18-22H2,(H,36,53)(H,46,47)(H,48,49)(H,50,51)(H2,37,38,52);2-11H,1H2/t25?,27-,29?,32?;/m1./s1. The summed E-state index contributed by atoms with van der Waals surface area (Å²) in [5.74, 6) is -4.13. The highest BCUT2D eigenvalue weighted by atomic mass is 32.2. The number of aromatic hydroxyl groups is 1. The van der Waals surface area contributed by atoms with Crippen molar-refractivity contribution < 1.29 is 84.4 Å². The number of nitro groups is 1. The molecule has 1 aromatic carbocycles. The van der Waals surface area contributed by atoms with E-state index >= 15 is 0 Å². The van der Waals surface area contributed by atoms with Crippen LogP contribution in [0.3, 0.4) is 0 Å². The summed E-state index contributed by atoms with van der Waals surface area (Å²) >= 11 is 1.78. The predicted molar refractivity (Wildman–Crippen MR) is 239 cm³/mol. The quantitative estimate of drug-likeness (QED) is 0.0270. The molecule has 0 bridgehead atoms. The van der Waals surface area contributed by atoms with E-state index in [0.717, 1.165) is 30.7 Å². The fourth-order valence-electron chi connectivity index (χ4n) is 8.44. The van der Waals surface area contributed by atoms with E-state index in [4.69, 9.17) is 30.3 Å². The Bertz CT molecular complexity index is 1840. The van der Waals surface area contributed by atoms with Crippen molar-refractivity contribution in [2.24, 2.45) is 5.92 Å².